The number of hydrogen-bond donors (Lipinski definition) is 1. The van der Waals surface area contributed by atoms with Crippen LogP contribution in [0.4, 0.5) is 0 Å². The summed E-state index contributed by atoms with van der Waals surface area (Å²) in [5.74, 6) is 0.356. The highest BCUT2D eigenvalue weighted by atomic mass is 16.6. The molecule has 0 amide bonds. The molecule has 2 heterocycles. The highest BCUT2D eigenvalue weighted by Gasteiger charge is 2.28. The van der Waals surface area contributed by atoms with E-state index >= 15 is 0 Å². The fourth-order valence-electron chi connectivity index (χ4n) is 5.23. The Labute approximate surface area is 262 Å². The number of aromatic amines is 1. The quantitative estimate of drug-likeness (QED) is 0.192. The first-order valence-corrected chi connectivity index (χ1v) is 14.4. The number of nitriles is 2. The molecule has 1 aliphatic heterocycles. The van der Waals surface area contributed by atoms with Gasteiger partial charge in [-0.15, -0.1) is 0 Å². The summed E-state index contributed by atoms with van der Waals surface area (Å²) in [7, 11) is 0. The average molecular weight is 597 g/mol. The number of H-pyrrole nitrogens is 1. The van der Waals surface area contributed by atoms with E-state index in [9.17, 15) is 15.3 Å². The van der Waals surface area contributed by atoms with Gasteiger partial charge in [-0.25, -0.2) is 4.79 Å². The van der Waals surface area contributed by atoms with E-state index in [1.165, 1.54) is 0 Å². The van der Waals surface area contributed by atoms with Crippen molar-refractivity contribution in [2.45, 2.75) is 40.9 Å². The number of hydrogen-bond acceptors (Lipinski definition) is 7. The molecule has 0 fully saturated rings. The van der Waals surface area contributed by atoms with Crippen molar-refractivity contribution >= 4 is 17.3 Å². The number of aromatic nitrogens is 1. The van der Waals surface area contributed by atoms with Crippen LogP contribution in [0.3, 0.4) is 0 Å². The summed E-state index contributed by atoms with van der Waals surface area (Å²) in [6.07, 6.45) is 0. The van der Waals surface area contributed by atoms with Crippen molar-refractivity contribution < 1.29 is 19.0 Å². The molecule has 0 aliphatic carbocycles. The third-order valence-electron chi connectivity index (χ3n) is 7.58. The van der Waals surface area contributed by atoms with Crippen LogP contribution < -0.4 is 9.47 Å². The van der Waals surface area contributed by atoms with Crippen LogP contribution >= 0.6 is 0 Å². The number of nitrogens with one attached hydrogen (secondary N) is 1. The molecule has 0 spiro atoms. The summed E-state index contributed by atoms with van der Waals surface area (Å²) in [5, 5.41) is 19.7. The SMILES string of the molecule is CC1=NC(=C(c2ccc(OCc3ccccc3)cc2OCC(=O)OCc2ccccc2)c2[nH]c(C)c(C#N)c2C)C(C)=C1C#N. The number of carbonyl (C=O) groups excluding carboxylic acids is 1. The van der Waals surface area contributed by atoms with Gasteiger partial charge in [-0.3, -0.25) is 4.99 Å². The van der Waals surface area contributed by atoms with Crippen LogP contribution in [0.15, 0.2) is 101 Å². The molecule has 1 aromatic heterocycles. The monoisotopic (exact) mass is 596 g/mol. The third-order valence-corrected chi connectivity index (χ3v) is 7.58. The topological polar surface area (TPSA) is 120 Å². The third kappa shape index (κ3) is 6.71. The van der Waals surface area contributed by atoms with E-state index in [1.807, 2.05) is 93.6 Å². The fourth-order valence-corrected chi connectivity index (χ4v) is 5.23. The largest absolute Gasteiger partial charge is 0.489 e. The maximum Gasteiger partial charge on any atom is 0.344 e. The number of rotatable bonds is 10. The number of benzene rings is 3. The molecule has 1 N–H and O–H groups in total. The van der Waals surface area contributed by atoms with Gasteiger partial charge in [-0.2, -0.15) is 10.5 Å². The van der Waals surface area contributed by atoms with E-state index in [2.05, 4.69) is 17.1 Å². The Morgan fingerprint density at radius 3 is 2.11 bits per heavy atom. The van der Waals surface area contributed by atoms with Crippen LogP contribution in [0.5, 0.6) is 11.5 Å². The molecular weight excluding hydrogens is 564 g/mol. The minimum Gasteiger partial charge on any atom is -0.489 e. The van der Waals surface area contributed by atoms with Gasteiger partial charge in [-0.1, -0.05) is 60.7 Å². The van der Waals surface area contributed by atoms with E-state index in [-0.39, 0.29) is 13.2 Å². The molecule has 0 unspecified atom stereocenters. The Balaban J connectivity index is 1.58. The van der Waals surface area contributed by atoms with E-state index < -0.39 is 5.97 Å². The molecule has 5 rings (SSSR count). The van der Waals surface area contributed by atoms with Gasteiger partial charge in [-0.05, 0) is 62.1 Å². The van der Waals surface area contributed by atoms with Crippen molar-refractivity contribution in [3.8, 4) is 23.6 Å². The number of carbonyl (C=O) groups is 1. The fraction of sp³-hybridized carbons (Fsp3) is 0.189. The Bertz CT molecular complexity index is 1920. The lowest BCUT2D eigenvalue weighted by atomic mass is 9.93. The van der Waals surface area contributed by atoms with Gasteiger partial charge < -0.3 is 19.2 Å². The summed E-state index contributed by atoms with van der Waals surface area (Å²) in [6.45, 7) is 7.46. The smallest absolute Gasteiger partial charge is 0.344 e. The van der Waals surface area contributed by atoms with Crippen molar-refractivity contribution in [2.75, 3.05) is 6.61 Å². The van der Waals surface area contributed by atoms with Gasteiger partial charge in [0.05, 0.1) is 28.2 Å². The lowest BCUT2D eigenvalue weighted by Gasteiger charge is -2.18. The van der Waals surface area contributed by atoms with Crippen LogP contribution in [-0.2, 0) is 22.7 Å². The summed E-state index contributed by atoms with van der Waals surface area (Å²) in [4.78, 5) is 21.0. The number of ether oxygens (including phenoxy) is 3. The second-order valence-corrected chi connectivity index (χ2v) is 10.6. The zero-order valence-electron chi connectivity index (χ0n) is 25.6. The number of nitrogens with zero attached hydrogens (tertiary/aromatic N) is 3. The van der Waals surface area contributed by atoms with Gasteiger partial charge in [0.2, 0.25) is 0 Å². The van der Waals surface area contributed by atoms with Gasteiger partial charge in [0.15, 0.2) is 6.61 Å². The molecule has 45 heavy (non-hydrogen) atoms. The van der Waals surface area contributed by atoms with Gasteiger partial charge in [0.25, 0.3) is 0 Å². The molecule has 3 aromatic carbocycles. The molecule has 0 saturated heterocycles. The highest BCUT2D eigenvalue weighted by molar-refractivity contribution is 6.08. The highest BCUT2D eigenvalue weighted by Crippen LogP contribution is 2.42. The van der Waals surface area contributed by atoms with Crippen molar-refractivity contribution in [3.05, 3.63) is 135 Å². The van der Waals surface area contributed by atoms with E-state index in [1.54, 1.807) is 13.0 Å². The van der Waals surface area contributed by atoms with Crippen LogP contribution in [0.25, 0.3) is 5.57 Å². The Hall–Kier alpha value is -5.86. The van der Waals surface area contributed by atoms with Crippen molar-refractivity contribution in [1.82, 2.24) is 4.98 Å². The summed E-state index contributed by atoms with van der Waals surface area (Å²) in [5.41, 5.74) is 8.11. The van der Waals surface area contributed by atoms with Crippen LogP contribution in [0.1, 0.15) is 53.1 Å². The maximum absolute atomic E-state index is 12.8. The van der Waals surface area contributed by atoms with Crippen molar-refractivity contribution in [3.63, 3.8) is 0 Å². The molecule has 0 bridgehead atoms. The molecule has 8 heteroatoms. The lowest BCUT2D eigenvalue weighted by Crippen LogP contribution is -2.15. The molecule has 224 valence electrons. The predicted molar refractivity (Wildman–Crippen MR) is 171 cm³/mol. The Morgan fingerprint density at radius 2 is 1.51 bits per heavy atom. The molecule has 8 nitrogen and oxygen atoms in total. The minimum absolute atomic E-state index is 0.123. The average Bonchev–Trinajstić information content (AvgIpc) is 3.51. The second kappa shape index (κ2) is 13.6. The Morgan fingerprint density at radius 1 is 0.844 bits per heavy atom. The van der Waals surface area contributed by atoms with E-state index in [0.717, 1.165) is 16.7 Å². The summed E-state index contributed by atoms with van der Waals surface area (Å²) >= 11 is 0. The summed E-state index contributed by atoms with van der Waals surface area (Å²) in [6, 6.07) is 29.1. The standard InChI is InChI=1S/C37H32N4O4/c1-23-31(18-38)25(3)40-36(23)35(37-24(2)32(19-39)26(4)41-37)30-16-15-29(43-20-27-11-7-5-8-12-27)17-33(30)44-22-34(42)45-21-28-13-9-6-10-14-28/h5-17,40H,20-22H2,1-4H3. The van der Waals surface area contributed by atoms with Gasteiger partial charge in [0, 0.05) is 22.9 Å². The molecule has 1 aliphatic rings. The normalized spacial score (nSPS) is 13.5. The first-order chi connectivity index (χ1) is 21.8. The van der Waals surface area contributed by atoms with Crippen molar-refractivity contribution in [1.29, 1.82) is 10.5 Å². The molecule has 0 radical (unpaired) electrons. The minimum atomic E-state index is -0.536. The first kappa shape index (κ1) is 30.6. The maximum atomic E-state index is 12.8. The molecule has 4 aromatic rings. The van der Waals surface area contributed by atoms with E-state index in [4.69, 9.17) is 19.2 Å². The summed E-state index contributed by atoms with van der Waals surface area (Å²) < 4.78 is 17.7. The number of aryl methyl sites for hydroxylation is 1. The Kier molecular flexibility index (Phi) is 9.26. The molecule has 0 saturated carbocycles. The number of allylic oxidation sites excluding steroid dienone is 2. The molecular formula is C37H32N4O4. The second-order valence-electron chi connectivity index (χ2n) is 10.6. The van der Waals surface area contributed by atoms with E-state index in [0.29, 0.717) is 68.7 Å². The van der Waals surface area contributed by atoms with Crippen molar-refractivity contribution in [2.24, 2.45) is 4.99 Å². The van der Waals surface area contributed by atoms with Gasteiger partial charge in [0.1, 0.15) is 36.9 Å². The first-order valence-electron chi connectivity index (χ1n) is 14.4. The molecule has 0 atom stereocenters. The lowest BCUT2D eigenvalue weighted by molar-refractivity contribution is -0.147. The van der Waals surface area contributed by atoms with Crippen LogP contribution in [0, 0.1) is 36.5 Å². The van der Waals surface area contributed by atoms with Crippen LogP contribution in [0.2, 0.25) is 0 Å². The number of esters is 1. The van der Waals surface area contributed by atoms with Crippen LogP contribution in [-0.4, -0.2) is 23.3 Å². The zero-order chi connectivity index (χ0) is 31.9. The zero-order valence-corrected chi connectivity index (χ0v) is 25.6. The number of aliphatic imine (C=N–C) groups is 1. The van der Waals surface area contributed by atoms with Gasteiger partial charge >= 0.3 is 5.97 Å². The predicted octanol–water partition coefficient (Wildman–Crippen LogP) is 7.28.